The van der Waals surface area contributed by atoms with Crippen molar-refractivity contribution in [1.29, 1.82) is 0 Å². The number of nitrogens with zero attached hydrogens (tertiary/aromatic N) is 1. The Bertz CT molecular complexity index is 856. The molecule has 2 aromatic rings. The molecular formula is C24H31N3O3. The number of aryl methyl sites for hydroxylation is 1. The van der Waals surface area contributed by atoms with Crippen LogP contribution in [0.3, 0.4) is 0 Å². The molecule has 0 aliphatic carbocycles. The van der Waals surface area contributed by atoms with E-state index in [4.69, 9.17) is 4.74 Å². The van der Waals surface area contributed by atoms with Crippen molar-refractivity contribution in [2.45, 2.75) is 40.7 Å². The first-order chi connectivity index (χ1) is 14.3. The third-order valence-electron chi connectivity index (χ3n) is 4.40. The molecule has 1 atom stereocenters. The van der Waals surface area contributed by atoms with Gasteiger partial charge in [0.15, 0.2) is 0 Å². The maximum atomic E-state index is 12.5. The van der Waals surface area contributed by atoms with Gasteiger partial charge in [0, 0.05) is 5.56 Å². The van der Waals surface area contributed by atoms with Crippen molar-refractivity contribution in [1.82, 2.24) is 10.7 Å². The zero-order chi connectivity index (χ0) is 22.1. The lowest BCUT2D eigenvalue weighted by Crippen LogP contribution is -2.48. The molecule has 0 radical (unpaired) electrons. The monoisotopic (exact) mass is 409 g/mol. The van der Waals surface area contributed by atoms with Crippen molar-refractivity contribution in [2.75, 3.05) is 6.61 Å². The molecule has 6 heteroatoms. The molecular weight excluding hydrogens is 378 g/mol. The molecule has 1 unspecified atom stereocenters. The number of hydrogen-bond acceptors (Lipinski definition) is 4. The highest BCUT2D eigenvalue weighted by Gasteiger charge is 2.24. The van der Waals surface area contributed by atoms with E-state index in [1.54, 1.807) is 18.3 Å². The first-order valence-corrected chi connectivity index (χ1v) is 10.2. The Balaban J connectivity index is 1.93. The molecule has 0 fully saturated rings. The number of rotatable bonds is 9. The normalized spacial score (nSPS) is 12.2. The predicted molar refractivity (Wildman–Crippen MR) is 120 cm³/mol. The summed E-state index contributed by atoms with van der Waals surface area (Å²) >= 11 is 0. The molecule has 2 aromatic carbocycles. The van der Waals surface area contributed by atoms with E-state index < -0.39 is 6.04 Å². The zero-order valence-corrected chi connectivity index (χ0v) is 18.3. The molecule has 2 rings (SSSR count). The summed E-state index contributed by atoms with van der Waals surface area (Å²) in [6.07, 6.45) is 1.56. The third kappa shape index (κ3) is 7.35. The van der Waals surface area contributed by atoms with Gasteiger partial charge < -0.3 is 10.1 Å². The lowest BCUT2D eigenvalue weighted by Gasteiger charge is -2.20. The first-order valence-electron chi connectivity index (χ1n) is 10.2. The van der Waals surface area contributed by atoms with Crippen molar-refractivity contribution >= 4 is 18.0 Å². The van der Waals surface area contributed by atoms with Crippen LogP contribution in [0.25, 0.3) is 0 Å². The van der Waals surface area contributed by atoms with Gasteiger partial charge in [-0.25, -0.2) is 5.43 Å². The van der Waals surface area contributed by atoms with Gasteiger partial charge in [0.05, 0.1) is 12.8 Å². The van der Waals surface area contributed by atoms with Crippen molar-refractivity contribution < 1.29 is 14.3 Å². The van der Waals surface area contributed by atoms with Crippen LogP contribution in [0.5, 0.6) is 5.75 Å². The minimum Gasteiger partial charge on any atom is -0.493 e. The second-order valence-electron chi connectivity index (χ2n) is 8.07. The smallest absolute Gasteiger partial charge is 0.262 e. The molecule has 6 nitrogen and oxygen atoms in total. The number of benzene rings is 2. The summed E-state index contributed by atoms with van der Waals surface area (Å²) in [7, 11) is 0. The fourth-order valence-electron chi connectivity index (χ4n) is 2.62. The van der Waals surface area contributed by atoms with Crippen LogP contribution in [0.15, 0.2) is 53.6 Å². The van der Waals surface area contributed by atoms with E-state index in [0.29, 0.717) is 18.1 Å². The standard InChI is InChI=1S/C24H31N3O3/c1-16(2)15-30-21-12-8-19(9-13-21)14-25-27-24(29)22(17(3)4)26-23(28)20-10-6-18(5)7-11-20/h6-14,16-17,22H,15H2,1-5H3,(H,26,28)(H,27,29). The maximum Gasteiger partial charge on any atom is 0.262 e. The second-order valence-corrected chi connectivity index (χ2v) is 8.07. The molecule has 0 aliphatic rings. The van der Waals surface area contributed by atoms with Crippen molar-refractivity contribution in [3.63, 3.8) is 0 Å². The number of carbonyl (C=O) groups excluding carboxylic acids is 2. The molecule has 0 saturated heterocycles. The molecule has 0 spiro atoms. The van der Waals surface area contributed by atoms with E-state index in [2.05, 4.69) is 29.7 Å². The summed E-state index contributed by atoms with van der Waals surface area (Å²) in [5.41, 5.74) is 4.93. The molecule has 0 saturated carbocycles. The number of hydrogen-bond donors (Lipinski definition) is 2. The summed E-state index contributed by atoms with van der Waals surface area (Å²) in [5, 5.41) is 6.81. The summed E-state index contributed by atoms with van der Waals surface area (Å²) in [4.78, 5) is 25.0. The highest BCUT2D eigenvalue weighted by atomic mass is 16.5. The summed E-state index contributed by atoms with van der Waals surface area (Å²) in [6.45, 7) is 10.6. The molecule has 0 aliphatic heterocycles. The lowest BCUT2D eigenvalue weighted by molar-refractivity contribution is -0.123. The number of hydrazone groups is 1. The van der Waals surface area contributed by atoms with Gasteiger partial charge in [0.25, 0.3) is 11.8 Å². The van der Waals surface area contributed by atoms with Crippen LogP contribution < -0.4 is 15.5 Å². The van der Waals surface area contributed by atoms with Gasteiger partial charge in [0.2, 0.25) is 0 Å². The largest absolute Gasteiger partial charge is 0.493 e. The summed E-state index contributed by atoms with van der Waals surface area (Å²) in [5.74, 6) is 0.515. The predicted octanol–water partition coefficient (Wildman–Crippen LogP) is 3.93. The molecule has 0 heterocycles. The Kier molecular flexibility index (Phi) is 8.59. The lowest BCUT2D eigenvalue weighted by atomic mass is 10.0. The Hall–Kier alpha value is -3.15. The van der Waals surface area contributed by atoms with Crippen LogP contribution in [0, 0.1) is 18.8 Å². The molecule has 0 aromatic heterocycles. The van der Waals surface area contributed by atoms with Crippen molar-refractivity contribution in [2.24, 2.45) is 16.9 Å². The van der Waals surface area contributed by atoms with Crippen LogP contribution in [0.1, 0.15) is 49.2 Å². The highest BCUT2D eigenvalue weighted by molar-refractivity contribution is 5.97. The van der Waals surface area contributed by atoms with Crippen molar-refractivity contribution in [3.8, 4) is 5.75 Å². The molecule has 30 heavy (non-hydrogen) atoms. The van der Waals surface area contributed by atoms with E-state index in [0.717, 1.165) is 16.9 Å². The topological polar surface area (TPSA) is 79.8 Å². The average molecular weight is 410 g/mol. The fourth-order valence-corrected chi connectivity index (χ4v) is 2.62. The Morgan fingerprint density at radius 1 is 1.00 bits per heavy atom. The molecule has 0 bridgehead atoms. The van der Waals surface area contributed by atoms with Gasteiger partial charge in [-0.1, -0.05) is 45.4 Å². The van der Waals surface area contributed by atoms with Gasteiger partial charge in [-0.05, 0) is 60.7 Å². The van der Waals surface area contributed by atoms with Crippen LogP contribution >= 0.6 is 0 Å². The number of nitrogens with one attached hydrogen (secondary N) is 2. The minimum absolute atomic E-state index is 0.0908. The molecule has 2 N–H and O–H groups in total. The highest BCUT2D eigenvalue weighted by Crippen LogP contribution is 2.12. The second kappa shape index (κ2) is 11.1. The Morgan fingerprint density at radius 3 is 2.20 bits per heavy atom. The SMILES string of the molecule is Cc1ccc(C(=O)NC(C(=O)NN=Cc2ccc(OCC(C)C)cc2)C(C)C)cc1. The van der Waals surface area contributed by atoms with Gasteiger partial charge in [-0.2, -0.15) is 5.10 Å². The summed E-state index contributed by atoms with van der Waals surface area (Å²) in [6, 6.07) is 14.0. The Morgan fingerprint density at radius 2 is 1.63 bits per heavy atom. The van der Waals surface area contributed by atoms with Crippen LogP contribution in [-0.2, 0) is 4.79 Å². The molecule has 160 valence electrons. The van der Waals surface area contributed by atoms with Gasteiger partial charge in [-0.15, -0.1) is 0 Å². The fraction of sp³-hybridized carbons (Fsp3) is 0.375. The summed E-state index contributed by atoms with van der Waals surface area (Å²) < 4.78 is 5.65. The zero-order valence-electron chi connectivity index (χ0n) is 18.3. The maximum absolute atomic E-state index is 12.5. The van der Waals surface area contributed by atoms with Crippen LogP contribution in [0.2, 0.25) is 0 Å². The quantitative estimate of drug-likeness (QED) is 0.486. The average Bonchev–Trinajstić information content (AvgIpc) is 2.71. The van der Waals surface area contributed by atoms with Gasteiger partial charge >= 0.3 is 0 Å². The first kappa shape index (κ1) is 23.1. The van der Waals surface area contributed by atoms with Gasteiger partial charge in [-0.3, -0.25) is 9.59 Å². The van der Waals surface area contributed by atoms with E-state index in [9.17, 15) is 9.59 Å². The third-order valence-corrected chi connectivity index (χ3v) is 4.40. The number of carbonyl (C=O) groups is 2. The number of ether oxygens (including phenoxy) is 1. The van der Waals surface area contributed by atoms with Crippen LogP contribution in [0.4, 0.5) is 0 Å². The van der Waals surface area contributed by atoms with E-state index >= 15 is 0 Å². The van der Waals surface area contributed by atoms with Crippen LogP contribution in [-0.4, -0.2) is 30.7 Å². The Labute approximate surface area is 178 Å². The number of amides is 2. The van der Waals surface area contributed by atoms with E-state index in [1.807, 2.05) is 57.2 Å². The van der Waals surface area contributed by atoms with E-state index in [-0.39, 0.29) is 17.7 Å². The van der Waals surface area contributed by atoms with Crippen molar-refractivity contribution in [3.05, 3.63) is 65.2 Å². The van der Waals surface area contributed by atoms with E-state index in [1.165, 1.54) is 0 Å². The van der Waals surface area contributed by atoms with Gasteiger partial charge in [0.1, 0.15) is 11.8 Å². The molecule has 2 amide bonds. The minimum atomic E-state index is -0.692.